The third kappa shape index (κ3) is 5.56. The van der Waals surface area contributed by atoms with E-state index in [1.807, 2.05) is 0 Å². The monoisotopic (exact) mass is 563 g/mol. The van der Waals surface area contributed by atoms with Crippen LogP contribution in [0.25, 0.3) is 0 Å². The Morgan fingerprint density at radius 1 is 0.875 bits per heavy atom. The van der Waals surface area contributed by atoms with Gasteiger partial charge in [-0.1, -0.05) is 84.0 Å². The van der Waals surface area contributed by atoms with Crippen LogP contribution in [0.3, 0.4) is 0 Å². The Balaban J connectivity index is 1.50. The lowest BCUT2D eigenvalue weighted by molar-refractivity contribution is -0.169. The van der Waals surface area contributed by atoms with E-state index in [-0.39, 0.29) is 12.2 Å². The number of rotatable bonds is 11. The summed E-state index contributed by atoms with van der Waals surface area (Å²) in [5.41, 5.74) is 4.71. The first-order valence-corrected chi connectivity index (χ1v) is 18.1. The van der Waals surface area contributed by atoms with Gasteiger partial charge in [0.25, 0.3) is 0 Å². The molecule has 5 atom stereocenters. The van der Waals surface area contributed by atoms with Gasteiger partial charge in [0.05, 0.1) is 25.9 Å². The maximum Gasteiger partial charge on any atom is 0.200 e. The Bertz CT molecular complexity index is 1070. The summed E-state index contributed by atoms with van der Waals surface area (Å²) < 4.78 is 20.2. The Morgan fingerprint density at radius 2 is 1.55 bits per heavy atom. The molecule has 0 amide bonds. The minimum Gasteiger partial charge on any atom is -0.497 e. The second-order valence-corrected chi connectivity index (χ2v) is 19.2. The Morgan fingerprint density at radius 3 is 2.17 bits per heavy atom. The number of nitrogens with zero attached hydrogens (tertiary/aromatic N) is 1. The molecule has 2 aromatic carbocycles. The first-order chi connectivity index (χ1) is 19.2. The van der Waals surface area contributed by atoms with Crippen molar-refractivity contribution in [3.05, 3.63) is 65.7 Å². The predicted molar refractivity (Wildman–Crippen MR) is 167 cm³/mol. The largest absolute Gasteiger partial charge is 0.497 e. The highest BCUT2D eigenvalue weighted by Gasteiger charge is 2.59. The Hall–Kier alpha value is -1.66. The summed E-state index contributed by atoms with van der Waals surface area (Å²) in [5, 5.41) is 0. The fourth-order valence-corrected chi connectivity index (χ4v) is 14.7. The van der Waals surface area contributed by atoms with Gasteiger partial charge in [-0.3, -0.25) is 4.90 Å². The molecule has 0 aromatic heterocycles. The molecule has 2 heterocycles. The fraction of sp³-hybridized carbons (Fsp3) is 0.657. The molecule has 5 heteroatoms. The van der Waals surface area contributed by atoms with Crippen molar-refractivity contribution in [2.45, 2.75) is 127 Å². The molecule has 0 unspecified atom stereocenters. The molecule has 4 nitrogen and oxygen atoms in total. The van der Waals surface area contributed by atoms with Gasteiger partial charge in [-0.05, 0) is 85.0 Å². The van der Waals surface area contributed by atoms with E-state index in [0.29, 0.717) is 40.7 Å². The fourth-order valence-electron chi connectivity index (χ4n) is 9.10. The van der Waals surface area contributed by atoms with Crippen molar-refractivity contribution in [1.29, 1.82) is 0 Å². The van der Waals surface area contributed by atoms with Gasteiger partial charge in [-0.15, -0.1) is 0 Å². The average molecular weight is 564 g/mol. The lowest BCUT2D eigenvalue weighted by atomic mass is 9.65. The highest BCUT2D eigenvalue weighted by molar-refractivity contribution is 6.77. The van der Waals surface area contributed by atoms with Gasteiger partial charge >= 0.3 is 0 Å². The minimum atomic E-state index is -2.01. The third-order valence-corrected chi connectivity index (χ3v) is 16.9. The maximum atomic E-state index is 7.63. The van der Waals surface area contributed by atoms with E-state index in [2.05, 4.69) is 101 Å². The normalized spacial score (nSPS) is 28.9. The summed E-state index contributed by atoms with van der Waals surface area (Å²) in [4.78, 5) is 2.89. The molecular weight excluding hydrogens is 510 g/mol. The molecule has 2 aliphatic heterocycles. The average Bonchev–Trinajstić information content (AvgIpc) is 3.35. The van der Waals surface area contributed by atoms with E-state index in [4.69, 9.17) is 13.9 Å². The molecule has 2 aromatic rings. The van der Waals surface area contributed by atoms with Crippen molar-refractivity contribution in [2.24, 2.45) is 5.92 Å². The van der Waals surface area contributed by atoms with Gasteiger partial charge in [0.15, 0.2) is 0 Å². The molecule has 1 saturated carbocycles. The van der Waals surface area contributed by atoms with Crippen LogP contribution in [0, 0.1) is 5.92 Å². The summed E-state index contributed by atoms with van der Waals surface area (Å²) in [7, 11) is -0.269. The summed E-state index contributed by atoms with van der Waals surface area (Å²) in [5.74, 6) is 1.35. The molecule has 0 radical (unpaired) electrons. The zero-order valence-corrected chi connectivity index (χ0v) is 27.1. The molecular formula is C35H53NO3Si. The van der Waals surface area contributed by atoms with E-state index in [9.17, 15) is 0 Å². The van der Waals surface area contributed by atoms with Crippen LogP contribution in [0.4, 0.5) is 0 Å². The predicted octanol–water partition coefficient (Wildman–Crippen LogP) is 8.40. The molecule has 40 heavy (non-hydrogen) atoms. The summed E-state index contributed by atoms with van der Waals surface area (Å²) in [6, 6.07) is 19.8. The number of ether oxygens (including phenoxy) is 2. The summed E-state index contributed by atoms with van der Waals surface area (Å²) >= 11 is 0. The minimum absolute atomic E-state index is 0.150. The molecule has 5 rings (SSSR count). The van der Waals surface area contributed by atoms with Crippen molar-refractivity contribution in [2.75, 3.05) is 13.7 Å². The Labute approximate surface area is 244 Å². The van der Waals surface area contributed by atoms with Gasteiger partial charge < -0.3 is 13.9 Å². The SMILES string of the molecule is COc1ccc(C[C@H]2[C@@H](OCc3ccccc3)[C@H]3C[C@]4(CCCN24)CC[C@H]3O[Si](C(C)C)(C(C)C)C(C)C)cc1. The smallest absolute Gasteiger partial charge is 0.200 e. The van der Waals surface area contributed by atoms with Crippen molar-refractivity contribution in [1.82, 2.24) is 4.90 Å². The highest BCUT2D eigenvalue weighted by atomic mass is 28.4. The molecule has 2 saturated heterocycles. The third-order valence-electron chi connectivity index (χ3n) is 10.8. The standard InChI is InChI=1S/C35H53NO3Si/c1-25(2)40(26(3)4,27(5)6)39-33-18-20-35-19-11-21-36(35)32(22-28-14-16-30(37-7)17-15-28)34(31(33)23-35)38-24-29-12-9-8-10-13-29/h8-10,12-17,25-27,31-34H,11,18-24H2,1-7H3/t31-,32-,33+,34-,35-/m0/s1. The molecule has 220 valence electrons. The van der Waals surface area contributed by atoms with Crippen LogP contribution in [0.15, 0.2) is 54.6 Å². The second kappa shape index (κ2) is 12.3. The lowest BCUT2D eigenvalue weighted by Gasteiger charge is -2.60. The van der Waals surface area contributed by atoms with Gasteiger partial charge in [0, 0.05) is 17.5 Å². The molecule has 1 spiro atoms. The van der Waals surface area contributed by atoms with E-state index in [1.165, 1.54) is 49.8 Å². The number of benzene rings is 2. The van der Waals surface area contributed by atoms with E-state index in [0.717, 1.165) is 12.2 Å². The van der Waals surface area contributed by atoms with Crippen molar-refractivity contribution < 1.29 is 13.9 Å². The second-order valence-electron chi connectivity index (χ2n) is 13.8. The van der Waals surface area contributed by atoms with Crippen LogP contribution in [0.5, 0.6) is 5.75 Å². The number of fused-ring (bicyclic) bond motifs is 1. The van der Waals surface area contributed by atoms with Crippen LogP contribution in [0.2, 0.25) is 16.6 Å². The highest BCUT2D eigenvalue weighted by Crippen LogP contribution is 2.55. The maximum absolute atomic E-state index is 7.63. The Kier molecular flexibility index (Phi) is 9.16. The van der Waals surface area contributed by atoms with E-state index >= 15 is 0 Å². The van der Waals surface area contributed by atoms with Gasteiger partial charge in [0.2, 0.25) is 8.32 Å². The van der Waals surface area contributed by atoms with Gasteiger partial charge in [0.1, 0.15) is 5.75 Å². The molecule has 1 aliphatic carbocycles. The molecule has 2 bridgehead atoms. The van der Waals surface area contributed by atoms with Crippen molar-refractivity contribution in [3.63, 3.8) is 0 Å². The number of hydrogen-bond donors (Lipinski definition) is 0. The zero-order chi connectivity index (χ0) is 28.5. The topological polar surface area (TPSA) is 30.9 Å². The zero-order valence-electron chi connectivity index (χ0n) is 26.1. The first kappa shape index (κ1) is 29.8. The van der Waals surface area contributed by atoms with Crippen LogP contribution in [-0.4, -0.2) is 50.7 Å². The van der Waals surface area contributed by atoms with Crippen LogP contribution < -0.4 is 4.74 Å². The number of hydrogen-bond acceptors (Lipinski definition) is 4. The quantitative estimate of drug-likeness (QED) is 0.257. The summed E-state index contributed by atoms with van der Waals surface area (Å²) in [6.07, 6.45) is 7.71. The van der Waals surface area contributed by atoms with Gasteiger partial charge in [-0.2, -0.15) is 0 Å². The van der Waals surface area contributed by atoms with Crippen molar-refractivity contribution in [3.8, 4) is 5.75 Å². The molecule has 3 fully saturated rings. The van der Waals surface area contributed by atoms with E-state index in [1.54, 1.807) is 7.11 Å². The molecule has 0 N–H and O–H groups in total. The number of piperidine rings is 1. The van der Waals surface area contributed by atoms with Crippen LogP contribution in [-0.2, 0) is 22.2 Å². The van der Waals surface area contributed by atoms with E-state index < -0.39 is 8.32 Å². The van der Waals surface area contributed by atoms with Gasteiger partial charge in [-0.25, -0.2) is 0 Å². The first-order valence-electron chi connectivity index (χ1n) is 15.9. The summed E-state index contributed by atoms with van der Waals surface area (Å²) in [6.45, 7) is 16.4. The van der Waals surface area contributed by atoms with Crippen molar-refractivity contribution >= 4 is 8.32 Å². The lowest BCUT2D eigenvalue weighted by Crippen LogP contribution is -2.68. The molecule has 3 aliphatic rings. The number of methoxy groups -OCH3 is 1. The van der Waals surface area contributed by atoms with Crippen LogP contribution >= 0.6 is 0 Å². The van der Waals surface area contributed by atoms with Crippen LogP contribution in [0.1, 0.15) is 84.8 Å².